The minimum atomic E-state index is -2.87. The lowest BCUT2D eigenvalue weighted by atomic mass is 10.3. The van der Waals surface area contributed by atoms with Crippen molar-refractivity contribution < 1.29 is 8.42 Å². The molecule has 7 nitrogen and oxygen atoms in total. The maximum atomic E-state index is 11.5. The SMILES string of the molecule is Cc1nnc(NCc2cccc(N3CCS(=O)(=O)CC3)n2)s1. The highest BCUT2D eigenvalue weighted by Crippen LogP contribution is 2.17. The Hall–Kier alpha value is -1.74. The molecule has 0 spiro atoms. The van der Waals surface area contributed by atoms with Crippen LogP contribution in [0.3, 0.4) is 0 Å². The van der Waals surface area contributed by atoms with E-state index in [1.54, 1.807) is 0 Å². The summed E-state index contributed by atoms with van der Waals surface area (Å²) in [5.41, 5.74) is 0.888. The molecule has 9 heteroatoms. The molecular formula is C13H17N5O2S2. The Kier molecular flexibility index (Phi) is 4.25. The Morgan fingerprint density at radius 1 is 1.27 bits per heavy atom. The summed E-state index contributed by atoms with van der Waals surface area (Å²) in [6.07, 6.45) is 0. The van der Waals surface area contributed by atoms with Gasteiger partial charge in [-0.3, -0.25) is 0 Å². The molecule has 0 unspecified atom stereocenters. The van der Waals surface area contributed by atoms with Crippen LogP contribution in [0.2, 0.25) is 0 Å². The van der Waals surface area contributed by atoms with Crippen molar-refractivity contribution in [2.24, 2.45) is 0 Å². The molecule has 0 amide bonds. The van der Waals surface area contributed by atoms with Gasteiger partial charge in [-0.05, 0) is 19.1 Å². The highest BCUT2D eigenvalue weighted by molar-refractivity contribution is 7.91. The van der Waals surface area contributed by atoms with Gasteiger partial charge in [0.2, 0.25) is 5.13 Å². The predicted molar refractivity (Wildman–Crippen MR) is 87.1 cm³/mol. The maximum absolute atomic E-state index is 11.5. The third-order valence-electron chi connectivity index (χ3n) is 3.41. The molecule has 1 N–H and O–H groups in total. The van der Waals surface area contributed by atoms with E-state index in [0.29, 0.717) is 19.6 Å². The number of aromatic nitrogens is 3. The summed E-state index contributed by atoms with van der Waals surface area (Å²) < 4.78 is 23.0. The summed E-state index contributed by atoms with van der Waals surface area (Å²) in [5.74, 6) is 1.21. The molecule has 1 saturated heterocycles. The molecular weight excluding hydrogens is 322 g/mol. The van der Waals surface area contributed by atoms with Gasteiger partial charge in [0, 0.05) is 13.1 Å². The van der Waals surface area contributed by atoms with E-state index < -0.39 is 9.84 Å². The van der Waals surface area contributed by atoms with Gasteiger partial charge >= 0.3 is 0 Å². The monoisotopic (exact) mass is 339 g/mol. The number of nitrogens with one attached hydrogen (secondary N) is 1. The molecule has 118 valence electrons. The fourth-order valence-corrected chi connectivity index (χ4v) is 4.01. The first kappa shape index (κ1) is 15.2. The number of aryl methyl sites for hydroxylation is 1. The standard InChI is InChI=1S/C13H17N5O2S2/c1-10-16-17-13(21-10)14-9-11-3-2-4-12(15-11)18-5-7-22(19,20)8-6-18/h2-4H,5-9H2,1H3,(H,14,17). The number of sulfone groups is 1. The Balaban J connectivity index is 1.65. The van der Waals surface area contributed by atoms with Crippen molar-refractivity contribution in [1.82, 2.24) is 15.2 Å². The fraction of sp³-hybridized carbons (Fsp3) is 0.462. The topological polar surface area (TPSA) is 88.1 Å². The third-order valence-corrected chi connectivity index (χ3v) is 5.81. The molecule has 0 radical (unpaired) electrons. The quantitative estimate of drug-likeness (QED) is 0.892. The van der Waals surface area contributed by atoms with E-state index in [-0.39, 0.29) is 11.5 Å². The number of anilines is 2. The minimum absolute atomic E-state index is 0.196. The first-order valence-electron chi connectivity index (χ1n) is 6.97. The van der Waals surface area contributed by atoms with Crippen molar-refractivity contribution in [3.05, 3.63) is 28.9 Å². The van der Waals surface area contributed by atoms with Gasteiger partial charge in [-0.2, -0.15) is 0 Å². The largest absolute Gasteiger partial charge is 0.355 e. The van der Waals surface area contributed by atoms with Gasteiger partial charge in [-0.1, -0.05) is 17.4 Å². The summed E-state index contributed by atoms with van der Waals surface area (Å²) in [4.78, 5) is 6.60. The Bertz CT molecular complexity index is 745. The van der Waals surface area contributed by atoms with Gasteiger partial charge < -0.3 is 10.2 Å². The second-order valence-electron chi connectivity index (χ2n) is 5.11. The van der Waals surface area contributed by atoms with Crippen molar-refractivity contribution in [2.75, 3.05) is 34.8 Å². The first-order chi connectivity index (χ1) is 10.5. The zero-order valence-corrected chi connectivity index (χ0v) is 13.8. The lowest BCUT2D eigenvalue weighted by molar-refractivity contribution is 0.586. The van der Waals surface area contributed by atoms with E-state index in [2.05, 4.69) is 20.5 Å². The normalized spacial score (nSPS) is 17.4. The molecule has 2 aromatic heterocycles. The van der Waals surface area contributed by atoms with E-state index in [0.717, 1.165) is 21.7 Å². The maximum Gasteiger partial charge on any atom is 0.205 e. The summed E-state index contributed by atoms with van der Waals surface area (Å²) >= 11 is 1.50. The molecule has 22 heavy (non-hydrogen) atoms. The van der Waals surface area contributed by atoms with E-state index >= 15 is 0 Å². The first-order valence-corrected chi connectivity index (χ1v) is 9.61. The smallest absolute Gasteiger partial charge is 0.205 e. The van der Waals surface area contributed by atoms with Crippen LogP contribution in [-0.2, 0) is 16.4 Å². The van der Waals surface area contributed by atoms with Gasteiger partial charge in [0.15, 0.2) is 9.84 Å². The van der Waals surface area contributed by atoms with Crippen LogP contribution < -0.4 is 10.2 Å². The second-order valence-corrected chi connectivity index (χ2v) is 8.59. The Morgan fingerprint density at radius 3 is 2.73 bits per heavy atom. The molecule has 0 aromatic carbocycles. The fourth-order valence-electron chi connectivity index (χ4n) is 2.22. The van der Waals surface area contributed by atoms with Crippen molar-refractivity contribution >= 4 is 32.1 Å². The number of hydrogen-bond acceptors (Lipinski definition) is 8. The molecule has 3 heterocycles. The molecule has 0 saturated carbocycles. The van der Waals surface area contributed by atoms with Gasteiger partial charge in [0.25, 0.3) is 0 Å². The highest BCUT2D eigenvalue weighted by atomic mass is 32.2. The second kappa shape index (κ2) is 6.17. The predicted octanol–water partition coefficient (Wildman–Crippen LogP) is 1.09. The molecule has 1 aliphatic heterocycles. The van der Waals surface area contributed by atoms with Crippen molar-refractivity contribution in [1.29, 1.82) is 0 Å². The average molecular weight is 339 g/mol. The zero-order chi connectivity index (χ0) is 15.6. The molecule has 3 rings (SSSR count). The molecule has 1 fully saturated rings. The summed E-state index contributed by atoms with van der Waals surface area (Å²) in [6.45, 7) is 3.48. The van der Waals surface area contributed by atoms with E-state index in [9.17, 15) is 8.42 Å². The Morgan fingerprint density at radius 2 is 2.05 bits per heavy atom. The van der Waals surface area contributed by atoms with Crippen LogP contribution in [0.15, 0.2) is 18.2 Å². The number of pyridine rings is 1. The zero-order valence-electron chi connectivity index (χ0n) is 12.2. The summed E-state index contributed by atoms with van der Waals surface area (Å²) in [5, 5.41) is 12.8. The molecule has 0 atom stereocenters. The van der Waals surface area contributed by atoms with Crippen LogP contribution in [-0.4, -0.2) is 48.2 Å². The lowest BCUT2D eigenvalue weighted by Crippen LogP contribution is -2.40. The molecule has 2 aromatic rings. The third kappa shape index (κ3) is 3.72. The summed E-state index contributed by atoms with van der Waals surface area (Å²) in [7, 11) is -2.87. The van der Waals surface area contributed by atoms with E-state index in [1.807, 2.05) is 30.0 Å². The van der Waals surface area contributed by atoms with Crippen molar-refractivity contribution in [3.63, 3.8) is 0 Å². The lowest BCUT2D eigenvalue weighted by Gasteiger charge is -2.27. The van der Waals surface area contributed by atoms with Crippen LogP contribution in [0, 0.1) is 6.92 Å². The van der Waals surface area contributed by atoms with Crippen LogP contribution in [0.4, 0.5) is 10.9 Å². The van der Waals surface area contributed by atoms with Gasteiger partial charge in [-0.15, -0.1) is 10.2 Å². The van der Waals surface area contributed by atoms with Crippen molar-refractivity contribution in [2.45, 2.75) is 13.5 Å². The summed E-state index contributed by atoms with van der Waals surface area (Å²) in [6, 6.07) is 5.79. The van der Waals surface area contributed by atoms with Crippen LogP contribution in [0.5, 0.6) is 0 Å². The van der Waals surface area contributed by atoms with E-state index in [1.165, 1.54) is 11.3 Å². The molecule has 1 aliphatic rings. The van der Waals surface area contributed by atoms with Gasteiger partial charge in [-0.25, -0.2) is 13.4 Å². The highest BCUT2D eigenvalue weighted by Gasteiger charge is 2.22. The minimum Gasteiger partial charge on any atom is -0.355 e. The van der Waals surface area contributed by atoms with Crippen LogP contribution in [0.1, 0.15) is 10.7 Å². The van der Waals surface area contributed by atoms with Gasteiger partial charge in [0.1, 0.15) is 10.8 Å². The number of hydrogen-bond donors (Lipinski definition) is 1. The number of nitrogens with zero attached hydrogens (tertiary/aromatic N) is 4. The number of rotatable bonds is 4. The van der Waals surface area contributed by atoms with Crippen molar-refractivity contribution in [3.8, 4) is 0 Å². The van der Waals surface area contributed by atoms with Gasteiger partial charge in [0.05, 0.1) is 23.7 Å². The molecule has 0 aliphatic carbocycles. The van der Waals surface area contributed by atoms with E-state index in [4.69, 9.17) is 0 Å². The van der Waals surface area contributed by atoms with Crippen LogP contribution in [0.25, 0.3) is 0 Å². The average Bonchev–Trinajstić information content (AvgIpc) is 2.91. The molecule has 0 bridgehead atoms. The Labute approximate surface area is 133 Å². The van der Waals surface area contributed by atoms with Crippen LogP contribution >= 0.6 is 11.3 Å².